The summed E-state index contributed by atoms with van der Waals surface area (Å²) in [5, 5.41) is 10.0. The van der Waals surface area contributed by atoms with Gasteiger partial charge in [-0.15, -0.1) is 0 Å². The van der Waals surface area contributed by atoms with Crippen LogP contribution in [-0.2, 0) is 11.0 Å². The van der Waals surface area contributed by atoms with E-state index >= 15 is 0 Å². The number of benzene rings is 4. The molecule has 0 unspecified atom stereocenters. The predicted molar refractivity (Wildman–Crippen MR) is 143 cm³/mol. The van der Waals surface area contributed by atoms with E-state index in [0.717, 1.165) is 28.5 Å². The smallest absolute Gasteiger partial charge is 0.332 e. The molecule has 0 saturated heterocycles. The lowest BCUT2D eigenvalue weighted by molar-refractivity contribution is -0.137. The van der Waals surface area contributed by atoms with E-state index in [9.17, 15) is 22.8 Å². The maximum atomic E-state index is 12.9. The largest absolute Gasteiger partial charge is 0.416 e. The van der Waals surface area contributed by atoms with E-state index in [4.69, 9.17) is 12.2 Å². The highest BCUT2D eigenvalue weighted by Gasteiger charge is 2.30. The molecule has 0 radical (unpaired) electrons. The zero-order valence-corrected chi connectivity index (χ0v) is 20.0. The van der Waals surface area contributed by atoms with Gasteiger partial charge in [0.15, 0.2) is 5.11 Å². The van der Waals surface area contributed by atoms with Crippen molar-refractivity contribution >= 4 is 57.4 Å². The molecule has 186 valence electrons. The second kappa shape index (κ2) is 11.0. The van der Waals surface area contributed by atoms with Crippen LogP contribution in [0, 0.1) is 0 Å². The molecule has 2 amide bonds. The minimum atomic E-state index is -4.51. The van der Waals surface area contributed by atoms with E-state index in [1.54, 1.807) is 18.2 Å². The Kier molecular flexibility index (Phi) is 7.64. The number of carbonyl (C=O) groups is 2. The van der Waals surface area contributed by atoms with E-state index in [0.29, 0.717) is 5.69 Å². The van der Waals surface area contributed by atoms with Gasteiger partial charge in [0.2, 0.25) is 5.91 Å². The summed E-state index contributed by atoms with van der Waals surface area (Å²) < 4.78 is 38.6. The number of halogens is 3. The van der Waals surface area contributed by atoms with Gasteiger partial charge < -0.3 is 10.6 Å². The Morgan fingerprint density at radius 1 is 0.784 bits per heavy atom. The molecule has 0 aliphatic rings. The maximum Gasteiger partial charge on any atom is 0.416 e. The lowest BCUT2D eigenvalue weighted by Gasteiger charge is -2.11. The van der Waals surface area contributed by atoms with Crippen LogP contribution in [0.2, 0.25) is 0 Å². The van der Waals surface area contributed by atoms with Crippen LogP contribution in [0.1, 0.15) is 21.5 Å². The van der Waals surface area contributed by atoms with Gasteiger partial charge >= 0.3 is 6.18 Å². The van der Waals surface area contributed by atoms with Crippen molar-refractivity contribution in [2.24, 2.45) is 0 Å². The number of anilines is 2. The Bertz CT molecular complexity index is 1490. The third kappa shape index (κ3) is 6.80. The summed E-state index contributed by atoms with van der Waals surface area (Å²) in [5.74, 6) is -0.983. The van der Waals surface area contributed by atoms with Crippen molar-refractivity contribution in [3.8, 4) is 0 Å². The first-order valence-corrected chi connectivity index (χ1v) is 11.5. The molecule has 0 heterocycles. The van der Waals surface area contributed by atoms with Gasteiger partial charge in [-0.25, -0.2) is 0 Å². The molecule has 9 heteroatoms. The van der Waals surface area contributed by atoms with Gasteiger partial charge in [-0.2, -0.15) is 13.2 Å². The lowest BCUT2D eigenvalue weighted by atomic mass is 10.0. The van der Waals surface area contributed by atoms with Crippen molar-refractivity contribution in [3.05, 3.63) is 114 Å². The summed E-state index contributed by atoms with van der Waals surface area (Å²) in [7, 11) is 0. The molecule has 0 bridgehead atoms. The van der Waals surface area contributed by atoms with Crippen LogP contribution in [0.3, 0.4) is 0 Å². The first-order chi connectivity index (χ1) is 17.7. The third-order valence-electron chi connectivity index (χ3n) is 5.33. The Balaban J connectivity index is 1.32. The van der Waals surface area contributed by atoms with E-state index in [1.807, 2.05) is 42.5 Å². The standard InChI is InChI=1S/C28H20F3N3O2S/c29-28(30,31)21-8-4-9-23(17-21)32-26(36)20-11-14-22(15-12-20)33-27(37)34-25(35)16-13-19-7-3-6-18-5-1-2-10-24(18)19/h1-17H,(H,32,36)(H2,33,34,35,37)/b16-13+. The summed E-state index contributed by atoms with van der Waals surface area (Å²) in [5.41, 5.74) is 0.816. The van der Waals surface area contributed by atoms with Crippen LogP contribution in [0.15, 0.2) is 97.1 Å². The Hall–Kier alpha value is -4.50. The molecule has 0 fully saturated rings. The molecule has 5 nitrogen and oxygen atoms in total. The normalized spacial score (nSPS) is 11.3. The van der Waals surface area contributed by atoms with Crippen LogP contribution >= 0.6 is 12.2 Å². The maximum absolute atomic E-state index is 12.9. The fraction of sp³-hybridized carbons (Fsp3) is 0.0357. The van der Waals surface area contributed by atoms with E-state index < -0.39 is 23.6 Å². The van der Waals surface area contributed by atoms with Crippen LogP contribution in [-0.4, -0.2) is 16.9 Å². The molecule has 0 aromatic heterocycles. The number of alkyl halides is 3. The highest BCUT2D eigenvalue weighted by Crippen LogP contribution is 2.30. The minimum Gasteiger partial charge on any atom is -0.332 e. The van der Waals surface area contributed by atoms with Crippen LogP contribution in [0.4, 0.5) is 24.5 Å². The second-order valence-corrected chi connectivity index (χ2v) is 8.36. The minimum absolute atomic E-state index is 0.0301. The molecule has 0 aliphatic carbocycles. The summed E-state index contributed by atoms with van der Waals surface area (Å²) in [6.45, 7) is 0. The molecule has 0 saturated carbocycles. The van der Waals surface area contributed by atoms with Crippen molar-refractivity contribution in [1.82, 2.24) is 5.32 Å². The van der Waals surface area contributed by atoms with Gasteiger partial charge in [0.05, 0.1) is 5.56 Å². The average molecular weight is 520 g/mol. The fourth-order valence-corrected chi connectivity index (χ4v) is 3.78. The summed E-state index contributed by atoms with van der Waals surface area (Å²) in [6, 6.07) is 24.1. The lowest BCUT2D eigenvalue weighted by Crippen LogP contribution is -2.32. The second-order valence-electron chi connectivity index (χ2n) is 7.96. The van der Waals surface area contributed by atoms with Gasteiger partial charge in [-0.05, 0) is 77.1 Å². The van der Waals surface area contributed by atoms with Gasteiger partial charge in [-0.1, -0.05) is 48.5 Å². The van der Waals surface area contributed by atoms with E-state index in [-0.39, 0.29) is 16.4 Å². The van der Waals surface area contributed by atoms with E-state index in [1.165, 1.54) is 30.3 Å². The van der Waals surface area contributed by atoms with Crippen molar-refractivity contribution in [2.75, 3.05) is 10.6 Å². The van der Waals surface area contributed by atoms with Crippen molar-refractivity contribution < 1.29 is 22.8 Å². The Morgan fingerprint density at radius 3 is 2.24 bits per heavy atom. The van der Waals surface area contributed by atoms with Crippen LogP contribution in [0.5, 0.6) is 0 Å². The van der Waals surface area contributed by atoms with Crippen molar-refractivity contribution in [3.63, 3.8) is 0 Å². The highest BCUT2D eigenvalue weighted by atomic mass is 32.1. The molecule has 3 N–H and O–H groups in total. The molecule has 0 aliphatic heterocycles. The number of carbonyl (C=O) groups excluding carboxylic acids is 2. The molecule has 4 rings (SSSR count). The predicted octanol–water partition coefficient (Wildman–Crippen LogP) is 6.64. The molecule has 0 atom stereocenters. The Morgan fingerprint density at radius 2 is 1.49 bits per heavy atom. The first kappa shape index (κ1) is 25.6. The molecule has 0 spiro atoms. The van der Waals surface area contributed by atoms with Crippen LogP contribution < -0.4 is 16.0 Å². The number of hydrogen-bond acceptors (Lipinski definition) is 3. The van der Waals surface area contributed by atoms with Gasteiger partial charge in [-0.3, -0.25) is 14.9 Å². The SMILES string of the molecule is O=C(/C=C/c1cccc2ccccc12)NC(=S)Nc1ccc(C(=O)Nc2cccc(C(F)(F)F)c2)cc1. The van der Waals surface area contributed by atoms with Gasteiger partial charge in [0, 0.05) is 23.0 Å². The van der Waals surface area contributed by atoms with E-state index in [2.05, 4.69) is 16.0 Å². The monoisotopic (exact) mass is 519 g/mol. The molecular weight excluding hydrogens is 499 g/mol. The fourth-order valence-electron chi connectivity index (χ4n) is 3.56. The first-order valence-electron chi connectivity index (χ1n) is 11.1. The summed E-state index contributed by atoms with van der Waals surface area (Å²) in [4.78, 5) is 24.7. The summed E-state index contributed by atoms with van der Waals surface area (Å²) in [6.07, 6.45) is -1.41. The molecular formula is C28H20F3N3O2S. The van der Waals surface area contributed by atoms with Crippen molar-refractivity contribution in [1.29, 1.82) is 0 Å². The van der Waals surface area contributed by atoms with Crippen LogP contribution in [0.25, 0.3) is 16.8 Å². The Labute approximate surface area is 216 Å². The molecule has 4 aromatic carbocycles. The number of rotatable bonds is 5. The number of nitrogens with one attached hydrogen (secondary N) is 3. The highest BCUT2D eigenvalue weighted by molar-refractivity contribution is 7.80. The number of amides is 2. The topological polar surface area (TPSA) is 70.2 Å². The zero-order valence-electron chi connectivity index (χ0n) is 19.2. The average Bonchev–Trinajstić information content (AvgIpc) is 2.87. The molecule has 37 heavy (non-hydrogen) atoms. The number of thiocarbonyl (C=S) groups is 1. The van der Waals surface area contributed by atoms with Gasteiger partial charge in [0.25, 0.3) is 5.91 Å². The number of fused-ring (bicyclic) bond motifs is 1. The third-order valence-corrected chi connectivity index (χ3v) is 5.53. The van der Waals surface area contributed by atoms with Gasteiger partial charge in [0.1, 0.15) is 0 Å². The number of hydrogen-bond donors (Lipinski definition) is 3. The quantitative estimate of drug-likeness (QED) is 0.204. The van der Waals surface area contributed by atoms with Crippen molar-refractivity contribution in [2.45, 2.75) is 6.18 Å². The summed E-state index contributed by atoms with van der Waals surface area (Å²) >= 11 is 5.19. The zero-order chi connectivity index (χ0) is 26.4. The molecule has 4 aromatic rings.